The van der Waals surface area contributed by atoms with Crippen molar-refractivity contribution >= 4 is 22.9 Å². The summed E-state index contributed by atoms with van der Waals surface area (Å²) in [6, 6.07) is 8.68. The number of nitrogens with zero attached hydrogens (tertiary/aromatic N) is 1. The summed E-state index contributed by atoms with van der Waals surface area (Å²) in [6.07, 6.45) is 4.28. The number of furan rings is 1. The molecule has 2 aromatic rings. The summed E-state index contributed by atoms with van der Waals surface area (Å²) in [4.78, 5) is 3.62. The van der Waals surface area contributed by atoms with Crippen LogP contribution in [0.15, 0.2) is 34.9 Å². The van der Waals surface area contributed by atoms with Crippen molar-refractivity contribution in [1.82, 2.24) is 10.2 Å². The molecule has 5 heteroatoms. The summed E-state index contributed by atoms with van der Waals surface area (Å²) in [5.41, 5.74) is 0. The molecule has 0 saturated carbocycles. The van der Waals surface area contributed by atoms with Crippen molar-refractivity contribution in [3.63, 3.8) is 0 Å². The normalized spacial score (nSPS) is 21.4. The second-order valence-corrected chi connectivity index (χ2v) is 7.02. The van der Waals surface area contributed by atoms with Crippen molar-refractivity contribution in [2.24, 2.45) is 0 Å². The maximum atomic E-state index is 6.07. The minimum Gasteiger partial charge on any atom is -0.467 e. The zero-order valence-corrected chi connectivity index (χ0v) is 13.1. The van der Waals surface area contributed by atoms with Crippen molar-refractivity contribution in [3.8, 4) is 0 Å². The number of thiophene rings is 1. The molecule has 1 aliphatic heterocycles. The first-order valence-corrected chi connectivity index (χ1v) is 8.16. The van der Waals surface area contributed by atoms with Crippen LogP contribution in [0.4, 0.5) is 0 Å². The van der Waals surface area contributed by atoms with Crippen LogP contribution >= 0.6 is 22.9 Å². The molecule has 1 fully saturated rings. The largest absolute Gasteiger partial charge is 0.467 e. The van der Waals surface area contributed by atoms with Crippen LogP contribution in [0.25, 0.3) is 0 Å². The molecule has 0 aromatic carbocycles. The van der Waals surface area contributed by atoms with E-state index in [1.165, 1.54) is 24.3 Å². The molecule has 3 nitrogen and oxygen atoms in total. The second-order valence-electron chi connectivity index (χ2n) is 5.28. The predicted octanol–water partition coefficient (Wildman–Crippen LogP) is 3.77. The molecule has 0 spiro atoms. The monoisotopic (exact) mass is 310 g/mol. The number of rotatable bonds is 5. The van der Waals surface area contributed by atoms with Crippen LogP contribution in [0, 0.1) is 0 Å². The zero-order chi connectivity index (χ0) is 13.9. The van der Waals surface area contributed by atoms with E-state index in [1.807, 2.05) is 18.2 Å². The molecule has 0 amide bonds. The van der Waals surface area contributed by atoms with Crippen LogP contribution in [0.3, 0.4) is 0 Å². The molecule has 1 aliphatic rings. The molecular formula is C15H19ClN2OS. The molecule has 2 atom stereocenters. The predicted molar refractivity (Wildman–Crippen MR) is 83.5 cm³/mol. The van der Waals surface area contributed by atoms with Gasteiger partial charge in [-0.15, -0.1) is 11.3 Å². The number of nitrogens with one attached hydrogen (secondary N) is 1. The SMILES string of the molecule is CN1CCCC1CNC(c1ccco1)c1ccc(Cl)s1. The first-order valence-electron chi connectivity index (χ1n) is 6.96. The molecule has 3 heterocycles. The van der Waals surface area contributed by atoms with Crippen LogP contribution in [-0.4, -0.2) is 31.1 Å². The summed E-state index contributed by atoms with van der Waals surface area (Å²) in [5, 5.41) is 3.64. The van der Waals surface area contributed by atoms with E-state index in [1.54, 1.807) is 17.6 Å². The minimum atomic E-state index is 0.0940. The second kappa shape index (κ2) is 6.31. The van der Waals surface area contributed by atoms with Gasteiger partial charge in [0, 0.05) is 17.5 Å². The van der Waals surface area contributed by atoms with Gasteiger partial charge < -0.3 is 14.6 Å². The average molecular weight is 311 g/mol. The van der Waals surface area contributed by atoms with E-state index >= 15 is 0 Å². The summed E-state index contributed by atoms with van der Waals surface area (Å²) < 4.78 is 6.40. The Hall–Kier alpha value is -0.810. The van der Waals surface area contributed by atoms with Gasteiger partial charge >= 0.3 is 0 Å². The van der Waals surface area contributed by atoms with Crippen LogP contribution in [0.5, 0.6) is 0 Å². The number of halogens is 1. The Bertz CT molecular complexity index is 540. The van der Waals surface area contributed by atoms with Gasteiger partial charge in [-0.2, -0.15) is 0 Å². The fraction of sp³-hybridized carbons (Fsp3) is 0.467. The maximum Gasteiger partial charge on any atom is 0.126 e. The molecule has 3 rings (SSSR count). The number of hydrogen-bond acceptors (Lipinski definition) is 4. The first kappa shape index (κ1) is 14.1. The molecule has 2 aromatic heterocycles. The highest BCUT2D eigenvalue weighted by Crippen LogP contribution is 2.31. The quantitative estimate of drug-likeness (QED) is 0.911. The molecule has 1 saturated heterocycles. The van der Waals surface area contributed by atoms with E-state index in [2.05, 4.69) is 23.3 Å². The van der Waals surface area contributed by atoms with Crippen LogP contribution in [0.2, 0.25) is 4.34 Å². The van der Waals surface area contributed by atoms with E-state index in [4.69, 9.17) is 16.0 Å². The van der Waals surface area contributed by atoms with Gasteiger partial charge in [-0.25, -0.2) is 0 Å². The van der Waals surface area contributed by atoms with E-state index in [-0.39, 0.29) is 6.04 Å². The van der Waals surface area contributed by atoms with E-state index in [0.717, 1.165) is 16.6 Å². The summed E-state index contributed by atoms with van der Waals surface area (Å²) in [5.74, 6) is 0.948. The molecule has 0 radical (unpaired) electrons. The van der Waals surface area contributed by atoms with Gasteiger partial charge in [0.05, 0.1) is 10.6 Å². The molecule has 0 bridgehead atoms. The Labute approximate surface area is 128 Å². The topological polar surface area (TPSA) is 28.4 Å². The fourth-order valence-corrected chi connectivity index (χ4v) is 3.92. The summed E-state index contributed by atoms with van der Waals surface area (Å²) in [7, 11) is 2.20. The molecule has 20 heavy (non-hydrogen) atoms. The number of likely N-dealkylation sites (tertiary alicyclic amines) is 1. The number of likely N-dealkylation sites (N-methyl/N-ethyl adjacent to an activating group) is 1. The highest BCUT2D eigenvalue weighted by molar-refractivity contribution is 7.16. The Kier molecular flexibility index (Phi) is 4.46. The third kappa shape index (κ3) is 3.09. The molecule has 0 aliphatic carbocycles. The average Bonchev–Trinajstić information content (AvgIpc) is 3.14. The fourth-order valence-electron chi connectivity index (χ4n) is 2.77. The van der Waals surface area contributed by atoms with Crippen LogP contribution in [-0.2, 0) is 0 Å². The molecule has 1 N–H and O–H groups in total. The summed E-state index contributed by atoms with van der Waals surface area (Å²) >= 11 is 7.67. The Balaban J connectivity index is 1.73. The van der Waals surface area contributed by atoms with Gasteiger partial charge in [0.2, 0.25) is 0 Å². The lowest BCUT2D eigenvalue weighted by atomic mass is 10.1. The molecular weight excluding hydrogens is 292 g/mol. The van der Waals surface area contributed by atoms with Crippen LogP contribution < -0.4 is 5.32 Å². The molecule has 2 unspecified atom stereocenters. The van der Waals surface area contributed by atoms with Crippen molar-refractivity contribution in [2.75, 3.05) is 20.1 Å². The standard InChI is InChI=1S/C15H19ClN2OS/c1-18-8-2-4-11(18)10-17-15(12-5-3-9-19-12)13-6-7-14(16)20-13/h3,5-7,9,11,15,17H,2,4,8,10H2,1H3. The smallest absolute Gasteiger partial charge is 0.126 e. The highest BCUT2D eigenvalue weighted by atomic mass is 35.5. The van der Waals surface area contributed by atoms with Gasteiger partial charge in [0.25, 0.3) is 0 Å². The lowest BCUT2D eigenvalue weighted by Crippen LogP contribution is -2.37. The third-order valence-corrected chi connectivity index (χ3v) is 5.23. The third-order valence-electron chi connectivity index (χ3n) is 3.94. The Morgan fingerprint density at radius 1 is 1.50 bits per heavy atom. The van der Waals surface area contributed by atoms with E-state index in [9.17, 15) is 0 Å². The lowest BCUT2D eigenvalue weighted by Gasteiger charge is -2.23. The van der Waals surface area contributed by atoms with Gasteiger partial charge in [-0.1, -0.05) is 11.6 Å². The van der Waals surface area contributed by atoms with E-state index in [0.29, 0.717) is 6.04 Å². The molecule has 108 valence electrons. The summed E-state index contributed by atoms with van der Waals surface area (Å²) in [6.45, 7) is 2.17. The first-order chi connectivity index (χ1) is 9.74. The van der Waals surface area contributed by atoms with Gasteiger partial charge in [0.1, 0.15) is 11.8 Å². The van der Waals surface area contributed by atoms with E-state index < -0.39 is 0 Å². The van der Waals surface area contributed by atoms with Gasteiger partial charge in [-0.05, 0) is 50.7 Å². The maximum absolute atomic E-state index is 6.07. The van der Waals surface area contributed by atoms with Gasteiger partial charge in [0.15, 0.2) is 0 Å². The zero-order valence-electron chi connectivity index (χ0n) is 11.5. The van der Waals surface area contributed by atoms with Gasteiger partial charge in [-0.3, -0.25) is 0 Å². The highest BCUT2D eigenvalue weighted by Gasteiger charge is 2.24. The van der Waals surface area contributed by atoms with Crippen LogP contribution in [0.1, 0.15) is 29.5 Å². The Morgan fingerprint density at radius 2 is 2.40 bits per heavy atom. The van der Waals surface area contributed by atoms with Crippen molar-refractivity contribution < 1.29 is 4.42 Å². The van der Waals surface area contributed by atoms with Crippen molar-refractivity contribution in [3.05, 3.63) is 45.5 Å². The van der Waals surface area contributed by atoms with Crippen molar-refractivity contribution in [1.29, 1.82) is 0 Å². The van der Waals surface area contributed by atoms with Crippen molar-refractivity contribution in [2.45, 2.75) is 24.9 Å². The minimum absolute atomic E-state index is 0.0940. The lowest BCUT2D eigenvalue weighted by molar-refractivity contribution is 0.291. The Morgan fingerprint density at radius 3 is 3.00 bits per heavy atom. The number of hydrogen-bond donors (Lipinski definition) is 1.